The molecule has 3 nitrogen and oxygen atoms in total. The number of allylic oxidation sites excluding steroid dienone is 3. The van der Waals surface area contributed by atoms with E-state index in [4.69, 9.17) is 0 Å². The maximum Gasteiger partial charge on any atom is 0.128 e. The van der Waals surface area contributed by atoms with Crippen molar-refractivity contribution in [2.24, 2.45) is 23.2 Å². The van der Waals surface area contributed by atoms with Gasteiger partial charge in [-0.05, 0) is 99.5 Å². The van der Waals surface area contributed by atoms with E-state index >= 15 is 0 Å². The summed E-state index contributed by atoms with van der Waals surface area (Å²) in [6, 6.07) is 0. The second-order valence-corrected chi connectivity index (χ2v) is 11.3. The summed E-state index contributed by atoms with van der Waals surface area (Å²) in [5, 5.41) is 30.1. The highest BCUT2D eigenvalue weighted by molar-refractivity contribution is 5.38. The fraction of sp³-hybridized carbons (Fsp3) is 0.778. The molecule has 0 radical (unpaired) electrons. The Hall–Kier alpha value is -0.970. The first-order valence-electron chi connectivity index (χ1n) is 12.2. The number of alkyl halides is 1. The zero-order chi connectivity index (χ0) is 23.0. The van der Waals surface area contributed by atoms with E-state index in [1.807, 2.05) is 0 Å². The predicted molar refractivity (Wildman–Crippen MR) is 124 cm³/mol. The largest absolute Gasteiger partial charge is 0.393 e. The van der Waals surface area contributed by atoms with Crippen LogP contribution in [0.1, 0.15) is 85.5 Å². The molecule has 3 rings (SSSR count). The van der Waals surface area contributed by atoms with Crippen LogP contribution in [0.25, 0.3) is 0 Å². The van der Waals surface area contributed by atoms with E-state index in [0.29, 0.717) is 37.0 Å². The molecule has 176 valence electrons. The fourth-order valence-corrected chi connectivity index (χ4v) is 6.64. The molecule has 3 aliphatic carbocycles. The van der Waals surface area contributed by atoms with Crippen LogP contribution in [0.3, 0.4) is 0 Å². The van der Waals surface area contributed by atoms with E-state index in [1.54, 1.807) is 13.8 Å². The van der Waals surface area contributed by atoms with Crippen LogP contribution in [0.4, 0.5) is 4.39 Å². The quantitative estimate of drug-likeness (QED) is 0.506. The topological polar surface area (TPSA) is 60.7 Å². The summed E-state index contributed by atoms with van der Waals surface area (Å²) in [6.45, 7) is 11.8. The molecule has 1 unspecified atom stereocenters. The van der Waals surface area contributed by atoms with Gasteiger partial charge in [0.2, 0.25) is 0 Å². The molecule has 31 heavy (non-hydrogen) atoms. The van der Waals surface area contributed by atoms with Gasteiger partial charge < -0.3 is 15.3 Å². The highest BCUT2D eigenvalue weighted by Gasteiger charge is 2.50. The highest BCUT2D eigenvalue weighted by Crippen LogP contribution is 2.60. The molecule has 0 saturated heterocycles. The van der Waals surface area contributed by atoms with Crippen molar-refractivity contribution in [2.75, 3.05) is 0 Å². The third-order valence-corrected chi connectivity index (χ3v) is 8.63. The lowest BCUT2D eigenvalue weighted by Crippen LogP contribution is -2.37. The minimum absolute atomic E-state index is 0.241. The summed E-state index contributed by atoms with van der Waals surface area (Å²) in [6.07, 6.45) is 10.0. The monoisotopic (exact) mass is 434 g/mol. The van der Waals surface area contributed by atoms with Gasteiger partial charge in [-0.1, -0.05) is 38.2 Å². The van der Waals surface area contributed by atoms with Crippen molar-refractivity contribution in [1.29, 1.82) is 0 Å². The molecular formula is C27H43FO3. The Morgan fingerprint density at radius 1 is 1.23 bits per heavy atom. The zero-order valence-corrected chi connectivity index (χ0v) is 19.9. The molecule has 3 aliphatic rings. The minimum Gasteiger partial charge on any atom is -0.393 e. The van der Waals surface area contributed by atoms with Crippen LogP contribution in [0, 0.1) is 23.2 Å². The van der Waals surface area contributed by atoms with E-state index in [9.17, 15) is 19.7 Å². The van der Waals surface area contributed by atoms with Crippen LogP contribution in [-0.2, 0) is 0 Å². The molecule has 0 bridgehead atoms. The van der Waals surface area contributed by atoms with E-state index in [2.05, 4.69) is 32.6 Å². The van der Waals surface area contributed by atoms with Gasteiger partial charge in [-0.25, -0.2) is 4.39 Å². The van der Waals surface area contributed by atoms with Crippen LogP contribution in [0.15, 0.2) is 35.5 Å². The molecule has 0 amide bonds. The lowest BCUT2D eigenvalue weighted by molar-refractivity contribution is -0.0119. The number of fused-ring (bicyclic) bond motifs is 1. The average molecular weight is 435 g/mol. The van der Waals surface area contributed by atoms with Crippen LogP contribution in [-0.4, -0.2) is 39.3 Å². The van der Waals surface area contributed by atoms with E-state index in [-0.39, 0.29) is 5.41 Å². The summed E-state index contributed by atoms with van der Waals surface area (Å²) in [7, 11) is 0. The molecule has 0 aliphatic heterocycles. The van der Waals surface area contributed by atoms with Gasteiger partial charge in [0.05, 0.1) is 17.8 Å². The Bertz CT molecular complexity index is 718. The molecule has 4 heteroatoms. The summed E-state index contributed by atoms with van der Waals surface area (Å²) in [5.41, 5.74) is 2.17. The van der Waals surface area contributed by atoms with Crippen molar-refractivity contribution in [2.45, 2.75) is 109 Å². The number of aliphatic hydroxyl groups is 3. The summed E-state index contributed by atoms with van der Waals surface area (Å²) >= 11 is 0. The van der Waals surface area contributed by atoms with Gasteiger partial charge in [0, 0.05) is 6.42 Å². The predicted octanol–water partition coefficient (Wildman–Crippen LogP) is 5.65. The van der Waals surface area contributed by atoms with E-state index in [0.717, 1.165) is 24.0 Å². The number of halogens is 1. The second-order valence-electron chi connectivity index (χ2n) is 11.3. The van der Waals surface area contributed by atoms with Crippen molar-refractivity contribution < 1.29 is 19.7 Å². The summed E-state index contributed by atoms with van der Waals surface area (Å²) < 4.78 is 14.3. The Balaban J connectivity index is 1.71. The number of hydrogen-bond acceptors (Lipinski definition) is 3. The number of hydrogen-bond donors (Lipinski definition) is 3. The fourth-order valence-electron chi connectivity index (χ4n) is 6.64. The van der Waals surface area contributed by atoms with Crippen LogP contribution in [0.5, 0.6) is 0 Å². The van der Waals surface area contributed by atoms with Gasteiger partial charge in [-0.15, -0.1) is 0 Å². The van der Waals surface area contributed by atoms with Crippen molar-refractivity contribution >= 4 is 0 Å². The maximum atomic E-state index is 14.3. The normalized spacial score (nSPS) is 39.0. The molecule has 0 aromatic rings. The van der Waals surface area contributed by atoms with E-state index < -0.39 is 24.0 Å². The first-order valence-corrected chi connectivity index (χ1v) is 12.2. The Morgan fingerprint density at radius 3 is 2.61 bits per heavy atom. The molecular weight excluding hydrogens is 391 g/mol. The molecule has 3 fully saturated rings. The third kappa shape index (κ3) is 5.34. The smallest absolute Gasteiger partial charge is 0.128 e. The van der Waals surface area contributed by atoms with Gasteiger partial charge in [0.25, 0.3) is 0 Å². The lowest BCUT2D eigenvalue weighted by atomic mass is 9.60. The summed E-state index contributed by atoms with van der Waals surface area (Å²) in [4.78, 5) is 0. The van der Waals surface area contributed by atoms with Crippen molar-refractivity contribution in [3.8, 4) is 0 Å². The SMILES string of the molecule is C=C1/C(=C\C=C2CCC[C@@]3(C)C2CC[C@@H]3[C@H](C)CC[C@H](F)C(C)(C)O)C[C@@H](O)C[C@H]1O. The number of aliphatic hydroxyl groups excluding tert-OH is 2. The average Bonchev–Trinajstić information content (AvgIpc) is 3.04. The molecule has 3 saturated carbocycles. The third-order valence-electron chi connectivity index (χ3n) is 8.63. The first-order chi connectivity index (χ1) is 14.4. The Kier molecular flexibility index (Phi) is 7.55. The zero-order valence-electron chi connectivity index (χ0n) is 19.9. The van der Waals surface area contributed by atoms with Gasteiger partial charge in [-0.2, -0.15) is 0 Å². The van der Waals surface area contributed by atoms with Crippen LogP contribution in [0.2, 0.25) is 0 Å². The van der Waals surface area contributed by atoms with Crippen LogP contribution < -0.4 is 0 Å². The molecule has 0 aromatic carbocycles. The lowest BCUT2D eigenvalue weighted by Gasteiger charge is -2.44. The first kappa shape index (κ1) is 24.7. The van der Waals surface area contributed by atoms with Gasteiger partial charge in [0.1, 0.15) is 6.17 Å². The summed E-state index contributed by atoms with van der Waals surface area (Å²) in [5.74, 6) is 1.57. The molecule has 7 atom stereocenters. The Labute approximate surface area is 188 Å². The highest BCUT2D eigenvalue weighted by atomic mass is 19.1. The standard InChI is InChI=1S/C27H43FO3/c1-17(8-13-25(28)26(3,4)31)22-11-12-23-19(7-6-14-27(22,23)5)9-10-20-15-21(29)16-24(30)18(20)2/h9-10,17,21-25,29-31H,2,6-8,11-16H2,1,3-5H3/b19-9?,20-10-/t17-,21-,22-,23?,24-,25+,27-/m1/s1. The second kappa shape index (κ2) is 9.49. The molecule has 0 aromatic heterocycles. The maximum absolute atomic E-state index is 14.3. The molecule has 3 N–H and O–H groups in total. The Morgan fingerprint density at radius 2 is 1.94 bits per heavy atom. The molecule has 0 spiro atoms. The van der Waals surface area contributed by atoms with Gasteiger partial charge >= 0.3 is 0 Å². The van der Waals surface area contributed by atoms with Crippen molar-refractivity contribution in [3.05, 3.63) is 35.5 Å². The van der Waals surface area contributed by atoms with Crippen molar-refractivity contribution in [3.63, 3.8) is 0 Å². The van der Waals surface area contributed by atoms with Gasteiger partial charge in [0.15, 0.2) is 0 Å². The number of rotatable bonds is 6. The van der Waals surface area contributed by atoms with Crippen molar-refractivity contribution in [1.82, 2.24) is 0 Å². The minimum atomic E-state index is -1.26. The van der Waals surface area contributed by atoms with E-state index in [1.165, 1.54) is 31.3 Å². The van der Waals surface area contributed by atoms with Gasteiger partial charge in [-0.3, -0.25) is 0 Å². The molecule has 0 heterocycles. The van der Waals surface area contributed by atoms with Crippen LogP contribution >= 0.6 is 0 Å².